The van der Waals surface area contributed by atoms with E-state index in [-0.39, 0.29) is 11.2 Å². The van der Waals surface area contributed by atoms with Crippen LogP contribution in [0.5, 0.6) is 0 Å². The van der Waals surface area contributed by atoms with E-state index in [9.17, 15) is 4.79 Å². The smallest absolute Gasteiger partial charge is 0.319 e. The summed E-state index contributed by atoms with van der Waals surface area (Å²) >= 11 is 3.26. The van der Waals surface area contributed by atoms with Gasteiger partial charge in [-0.3, -0.25) is 4.79 Å². The highest BCUT2D eigenvalue weighted by Crippen LogP contribution is 2.41. The molecule has 2 aromatic heterocycles. The third-order valence-corrected chi connectivity index (χ3v) is 6.21. The Labute approximate surface area is 138 Å². The van der Waals surface area contributed by atoms with Gasteiger partial charge in [0.1, 0.15) is 21.4 Å². The molecule has 1 aliphatic carbocycles. The SMILES string of the molecule is CCOC(=O)[C@@H](C)Sc1ncnc2sc3c(c12)CC[C@H](C)C3. The number of ether oxygens (including phenoxy) is 1. The number of nitrogens with zero attached hydrogens (tertiary/aromatic N) is 2. The molecule has 0 radical (unpaired) electrons. The number of carbonyl (C=O) groups is 1. The first-order valence-corrected chi connectivity index (χ1v) is 9.38. The molecule has 2 heterocycles. The normalized spacial score (nSPS) is 19.0. The molecule has 0 saturated carbocycles. The van der Waals surface area contributed by atoms with Crippen molar-refractivity contribution in [2.75, 3.05) is 6.61 Å². The molecule has 0 aliphatic heterocycles. The number of esters is 1. The molecule has 1 aliphatic rings. The van der Waals surface area contributed by atoms with Crippen LogP contribution in [-0.4, -0.2) is 27.8 Å². The van der Waals surface area contributed by atoms with Crippen LogP contribution in [0.4, 0.5) is 0 Å². The van der Waals surface area contributed by atoms with E-state index in [0.717, 1.165) is 34.0 Å². The van der Waals surface area contributed by atoms with E-state index in [1.165, 1.54) is 28.6 Å². The lowest BCUT2D eigenvalue weighted by molar-refractivity contribution is -0.142. The molecule has 0 N–H and O–H groups in total. The molecule has 2 aromatic rings. The standard InChI is InChI=1S/C16H20N2O2S2/c1-4-20-16(19)10(3)21-14-13-11-6-5-9(2)7-12(11)22-15(13)18-8-17-14/h8-10H,4-7H2,1-3H3/t9-,10+/m0/s1. The Hall–Kier alpha value is -1.14. The lowest BCUT2D eigenvalue weighted by atomic mass is 9.89. The highest BCUT2D eigenvalue weighted by Gasteiger charge is 2.25. The summed E-state index contributed by atoms with van der Waals surface area (Å²) in [6.45, 7) is 6.41. The zero-order valence-electron chi connectivity index (χ0n) is 13.1. The van der Waals surface area contributed by atoms with Crippen molar-refractivity contribution in [1.82, 2.24) is 9.97 Å². The molecule has 0 fully saturated rings. The minimum atomic E-state index is -0.254. The molecule has 6 heteroatoms. The van der Waals surface area contributed by atoms with Gasteiger partial charge in [0.25, 0.3) is 0 Å². The fourth-order valence-corrected chi connectivity index (χ4v) is 5.17. The third kappa shape index (κ3) is 2.99. The second-order valence-electron chi connectivity index (χ2n) is 5.72. The molecule has 22 heavy (non-hydrogen) atoms. The Morgan fingerprint density at radius 3 is 3.14 bits per heavy atom. The van der Waals surface area contributed by atoms with Crippen molar-refractivity contribution in [3.63, 3.8) is 0 Å². The summed E-state index contributed by atoms with van der Waals surface area (Å²) in [5.74, 6) is 0.556. The van der Waals surface area contributed by atoms with Gasteiger partial charge in [0.15, 0.2) is 0 Å². The summed E-state index contributed by atoms with van der Waals surface area (Å²) in [5, 5.41) is 1.82. The van der Waals surface area contributed by atoms with Gasteiger partial charge in [0.05, 0.1) is 6.61 Å². The predicted molar refractivity (Wildman–Crippen MR) is 90.6 cm³/mol. The van der Waals surface area contributed by atoms with E-state index in [2.05, 4.69) is 16.9 Å². The molecule has 4 nitrogen and oxygen atoms in total. The monoisotopic (exact) mass is 336 g/mol. The summed E-state index contributed by atoms with van der Waals surface area (Å²) in [7, 11) is 0. The zero-order valence-corrected chi connectivity index (χ0v) is 14.7. The number of hydrogen-bond acceptors (Lipinski definition) is 6. The summed E-state index contributed by atoms with van der Waals surface area (Å²) in [4.78, 5) is 23.2. The first kappa shape index (κ1) is 15.7. The molecule has 0 saturated heterocycles. The van der Waals surface area contributed by atoms with E-state index in [1.54, 1.807) is 17.7 Å². The average molecular weight is 336 g/mol. The summed E-state index contributed by atoms with van der Waals surface area (Å²) in [6.07, 6.45) is 5.04. The van der Waals surface area contributed by atoms with Gasteiger partial charge in [-0.2, -0.15) is 0 Å². The van der Waals surface area contributed by atoms with E-state index in [1.807, 2.05) is 13.8 Å². The summed E-state index contributed by atoms with van der Waals surface area (Å²) < 4.78 is 5.10. The molecule has 3 rings (SSSR count). The molecule has 2 atom stereocenters. The number of fused-ring (bicyclic) bond motifs is 3. The Kier molecular flexibility index (Phi) is 4.68. The van der Waals surface area contributed by atoms with Crippen molar-refractivity contribution in [1.29, 1.82) is 0 Å². The van der Waals surface area contributed by atoms with Crippen LogP contribution in [-0.2, 0) is 22.4 Å². The number of carbonyl (C=O) groups excluding carboxylic acids is 1. The van der Waals surface area contributed by atoms with Gasteiger partial charge < -0.3 is 4.74 Å². The fraction of sp³-hybridized carbons (Fsp3) is 0.562. The highest BCUT2D eigenvalue weighted by atomic mass is 32.2. The van der Waals surface area contributed by atoms with Gasteiger partial charge >= 0.3 is 5.97 Å². The average Bonchev–Trinajstić information content (AvgIpc) is 2.85. The number of aromatic nitrogens is 2. The molecule has 0 aromatic carbocycles. The zero-order chi connectivity index (χ0) is 15.7. The van der Waals surface area contributed by atoms with Crippen LogP contribution < -0.4 is 0 Å². The maximum absolute atomic E-state index is 11.9. The van der Waals surface area contributed by atoms with Crippen LogP contribution in [0, 0.1) is 5.92 Å². The first-order chi connectivity index (χ1) is 10.6. The van der Waals surface area contributed by atoms with Gasteiger partial charge in [-0.1, -0.05) is 18.7 Å². The number of hydrogen-bond donors (Lipinski definition) is 0. The topological polar surface area (TPSA) is 52.1 Å². The van der Waals surface area contributed by atoms with E-state index < -0.39 is 0 Å². The molecule has 0 unspecified atom stereocenters. The maximum atomic E-state index is 11.9. The van der Waals surface area contributed by atoms with Crippen molar-refractivity contribution < 1.29 is 9.53 Å². The number of thioether (sulfide) groups is 1. The highest BCUT2D eigenvalue weighted by molar-refractivity contribution is 8.00. The number of rotatable bonds is 4. The van der Waals surface area contributed by atoms with Gasteiger partial charge in [0.2, 0.25) is 0 Å². The Morgan fingerprint density at radius 1 is 1.55 bits per heavy atom. The van der Waals surface area contributed by atoms with Crippen molar-refractivity contribution in [3.8, 4) is 0 Å². The van der Waals surface area contributed by atoms with Crippen molar-refractivity contribution in [2.45, 2.75) is 50.3 Å². The minimum Gasteiger partial charge on any atom is -0.465 e. The van der Waals surface area contributed by atoms with Crippen molar-refractivity contribution in [2.24, 2.45) is 5.92 Å². The third-order valence-electron chi connectivity index (χ3n) is 3.96. The summed E-state index contributed by atoms with van der Waals surface area (Å²) in [5.41, 5.74) is 1.40. The molecular weight excluding hydrogens is 316 g/mol. The maximum Gasteiger partial charge on any atom is 0.319 e. The Morgan fingerprint density at radius 2 is 2.36 bits per heavy atom. The molecular formula is C16H20N2O2S2. The van der Waals surface area contributed by atoms with Crippen LogP contribution in [0.3, 0.4) is 0 Å². The minimum absolute atomic E-state index is 0.183. The van der Waals surface area contributed by atoms with Crippen molar-refractivity contribution >= 4 is 39.3 Å². The Bertz CT molecular complexity index is 699. The summed E-state index contributed by atoms with van der Waals surface area (Å²) in [6, 6.07) is 0. The van der Waals surface area contributed by atoms with Gasteiger partial charge in [-0.25, -0.2) is 9.97 Å². The van der Waals surface area contributed by atoms with Crippen LogP contribution >= 0.6 is 23.1 Å². The van der Waals surface area contributed by atoms with Crippen molar-refractivity contribution in [3.05, 3.63) is 16.8 Å². The molecule has 0 bridgehead atoms. The Balaban J connectivity index is 1.95. The second kappa shape index (κ2) is 6.54. The molecule has 0 amide bonds. The fourth-order valence-electron chi connectivity index (χ4n) is 2.81. The lowest BCUT2D eigenvalue weighted by Crippen LogP contribution is -2.17. The predicted octanol–water partition coefficient (Wildman–Crippen LogP) is 3.86. The largest absolute Gasteiger partial charge is 0.465 e. The quantitative estimate of drug-likeness (QED) is 0.482. The molecule has 118 valence electrons. The van der Waals surface area contributed by atoms with Crippen LogP contribution in [0.15, 0.2) is 11.4 Å². The van der Waals surface area contributed by atoms with Crippen LogP contribution in [0.2, 0.25) is 0 Å². The van der Waals surface area contributed by atoms with Gasteiger partial charge in [0, 0.05) is 10.3 Å². The van der Waals surface area contributed by atoms with Crippen LogP contribution in [0.25, 0.3) is 10.2 Å². The van der Waals surface area contributed by atoms with Crippen LogP contribution in [0.1, 0.15) is 37.6 Å². The van der Waals surface area contributed by atoms with E-state index in [0.29, 0.717) is 6.61 Å². The van der Waals surface area contributed by atoms with Gasteiger partial charge in [-0.05, 0) is 44.6 Å². The van der Waals surface area contributed by atoms with E-state index >= 15 is 0 Å². The molecule has 0 spiro atoms. The second-order valence-corrected chi connectivity index (χ2v) is 8.14. The van der Waals surface area contributed by atoms with E-state index in [4.69, 9.17) is 4.74 Å². The number of thiophene rings is 1. The van der Waals surface area contributed by atoms with Gasteiger partial charge in [-0.15, -0.1) is 11.3 Å². The lowest BCUT2D eigenvalue weighted by Gasteiger charge is -2.18. The first-order valence-electron chi connectivity index (χ1n) is 7.68. The number of aryl methyl sites for hydroxylation is 1.